The SMILES string of the molecule is O=C(CCCc1ccccc1)OO. The molecule has 0 saturated carbocycles. The number of aryl methyl sites for hydroxylation is 1. The quantitative estimate of drug-likeness (QED) is 0.569. The molecule has 3 heteroatoms. The van der Waals surface area contributed by atoms with Crippen LogP contribution in [0, 0.1) is 0 Å². The molecule has 0 aliphatic heterocycles. The van der Waals surface area contributed by atoms with Gasteiger partial charge in [-0.15, -0.1) is 0 Å². The molecule has 0 unspecified atom stereocenters. The molecule has 1 aromatic rings. The third-order valence-corrected chi connectivity index (χ3v) is 1.79. The molecule has 0 heterocycles. The maximum absolute atomic E-state index is 10.5. The summed E-state index contributed by atoms with van der Waals surface area (Å²) >= 11 is 0. The summed E-state index contributed by atoms with van der Waals surface area (Å²) in [5.41, 5.74) is 1.19. The minimum atomic E-state index is -0.573. The molecule has 3 nitrogen and oxygen atoms in total. The molecule has 70 valence electrons. The Hall–Kier alpha value is -1.35. The third kappa shape index (κ3) is 3.71. The van der Waals surface area contributed by atoms with E-state index in [0.717, 1.165) is 6.42 Å². The highest BCUT2D eigenvalue weighted by atomic mass is 17.1. The maximum Gasteiger partial charge on any atom is 0.342 e. The molecule has 0 amide bonds. The second-order valence-electron chi connectivity index (χ2n) is 2.80. The van der Waals surface area contributed by atoms with Gasteiger partial charge in [-0.1, -0.05) is 30.3 Å². The van der Waals surface area contributed by atoms with Gasteiger partial charge in [-0.05, 0) is 18.4 Å². The van der Waals surface area contributed by atoms with Crippen molar-refractivity contribution in [3.63, 3.8) is 0 Å². The average Bonchev–Trinajstić information content (AvgIpc) is 2.19. The predicted octanol–water partition coefficient (Wildman–Crippen LogP) is 2.03. The minimum Gasteiger partial charge on any atom is -0.301 e. The van der Waals surface area contributed by atoms with E-state index in [4.69, 9.17) is 5.26 Å². The summed E-state index contributed by atoms with van der Waals surface area (Å²) in [4.78, 5) is 14.1. The van der Waals surface area contributed by atoms with Gasteiger partial charge in [-0.2, -0.15) is 5.26 Å². The van der Waals surface area contributed by atoms with Gasteiger partial charge in [0.15, 0.2) is 0 Å². The molecule has 0 aliphatic carbocycles. The van der Waals surface area contributed by atoms with Gasteiger partial charge in [0.1, 0.15) is 0 Å². The lowest BCUT2D eigenvalue weighted by atomic mass is 10.1. The lowest BCUT2D eigenvalue weighted by molar-refractivity contribution is -0.234. The van der Waals surface area contributed by atoms with Gasteiger partial charge in [-0.3, -0.25) is 0 Å². The van der Waals surface area contributed by atoms with Crippen molar-refractivity contribution >= 4 is 5.97 Å². The highest BCUT2D eigenvalue weighted by Gasteiger charge is 2.01. The Morgan fingerprint density at radius 3 is 2.62 bits per heavy atom. The van der Waals surface area contributed by atoms with Crippen LogP contribution in [0.2, 0.25) is 0 Å². The molecule has 1 N–H and O–H groups in total. The summed E-state index contributed by atoms with van der Waals surface area (Å²) in [6, 6.07) is 9.87. The standard InChI is InChI=1S/C10H12O3/c11-10(13-12)8-4-7-9-5-2-1-3-6-9/h1-3,5-6,12H,4,7-8H2. The van der Waals surface area contributed by atoms with Crippen LogP contribution in [0.5, 0.6) is 0 Å². The molecule has 0 saturated heterocycles. The zero-order valence-corrected chi connectivity index (χ0v) is 7.27. The van der Waals surface area contributed by atoms with Crippen molar-refractivity contribution in [2.24, 2.45) is 0 Å². The summed E-state index contributed by atoms with van der Waals surface area (Å²) in [5, 5.41) is 7.98. The molecule has 1 aromatic carbocycles. The number of carbonyl (C=O) groups excluding carboxylic acids is 1. The van der Waals surface area contributed by atoms with E-state index in [0.29, 0.717) is 6.42 Å². The number of carbonyl (C=O) groups is 1. The normalized spacial score (nSPS) is 9.62. The van der Waals surface area contributed by atoms with E-state index in [2.05, 4.69) is 4.89 Å². The number of rotatable bonds is 4. The molecule has 13 heavy (non-hydrogen) atoms. The van der Waals surface area contributed by atoms with Crippen LogP contribution in [0.1, 0.15) is 18.4 Å². The van der Waals surface area contributed by atoms with Gasteiger partial charge in [-0.25, -0.2) is 4.79 Å². The second kappa shape index (κ2) is 5.32. The first-order chi connectivity index (χ1) is 6.33. The molecule has 0 atom stereocenters. The van der Waals surface area contributed by atoms with Crippen LogP contribution >= 0.6 is 0 Å². The lowest BCUT2D eigenvalue weighted by Crippen LogP contribution is -2.00. The van der Waals surface area contributed by atoms with E-state index in [9.17, 15) is 4.79 Å². The summed E-state index contributed by atoms with van der Waals surface area (Å²) in [6.07, 6.45) is 1.78. The van der Waals surface area contributed by atoms with E-state index in [-0.39, 0.29) is 6.42 Å². The molecule has 0 bridgehead atoms. The van der Waals surface area contributed by atoms with Gasteiger partial charge >= 0.3 is 5.97 Å². The fraction of sp³-hybridized carbons (Fsp3) is 0.300. The summed E-state index contributed by atoms with van der Waals surface area (Å²) in [7, 11) is 0. The molecule has 0 spiro atoms. The molecular weight excluding hydrogens is 168 g/mol. The zero-order chi connectivity index (χ0) is 9.52. The van der Waals surface area contributed by atoms with E-state index in [1.54, 1.807) is 0 Å². The van der Waals surface area contributed by atoms with Crippen molar-refractivity contribution in [2.45, 2.75) is 19.3 Å². The molecule has 1 rings (SSSR count). The van der Waals surface area contributed by atoms with Gasteiger partial charge in [0.05, 0.1) is 0 Å². The average molecular weight is 180 g/mol. The number of hydrogen-bond acceptors (Lipinski definition) is 3. The van der Waals surface area contributed by atoms with Crippen molar-refractivity contribution in [1.29, 1.82) is 0 Å². The Bertz CT molecular complexity index is 256. The Morgan fingerprint density at radius 2 is 2.00 bits per heavy atom. The van der Waals surface area contributed by atoms with Crippen molar-refractivity contribution in [1.82, 2.24) is 0 Å². The van der Waals surface area contributed by atoms with Crippen LogP contribution in [-0.4, -0.2) is 11.2 Å². The predicted molar refractivity (Wildman–Crippen MR) is 48.1 cm³/mol. The third-order valence-electron chi connectivity index (χ3n) is 1.79. The maximum atomic E-state index is 10.5. The highest BCUT2D eigenvalue weighted by Crippen LogP contribution is 2.04. The Morgan fingerprint density at radius 1 is 1.31 bits per heavy atom. The highest BCUT2D eigenvalue weighted by molar-refractivity contribution is 5.68. The van der Waals surface area contributed by atoms with Crippen molar-refractivity contribution in [3.8, 4) is 0 Å². The van der Waals surface area contributed by atoms with E-state index < -0.39 is 5.97 Å². The van der Waals surface area contributed by atoms with Crippen molar-refractivity contribution in [2.75, 3.05) is 0 Å². The molecule has 0 aliphatic rings. The molecule has 0 fully saturated rings. The van der Waals surface area contributed by atoms with Gasteiger partial charge in [0.25, 0.3) is 0 Å². The Kier molecular flexibility index (Phi) is 3.99. The Balaban J connectivity index is 2.24. The van der Waals surface area contributed by atoms with Crippen LogP contribution in [0.25, 0.3) is 0 Å². The number of hydrogen-bond donors (Lipinski definition) is 1. The van der Waals surface area contributed by atoms with Gasteiger partial charge < -0.3 is 4.89 Å². The second-order valence-corrected chi connectivity index (χ2v) is 2.80. The first kappa shape index (κ1) is 9.74. The van der Waals surface area contributed by atoms with Crippen LogP contribution in [0.15, 0.2) is 30.3 Å². The molecular formula is C10H12O3. The molecule has 0 aromatic heterocycles. The van der Waals surface area contributed by atoms with Crippen LogP contribution in [0.3, 0.4) is 0 Å². The van der Waals surface area contributed by atoms with Crippen LogP contribution in [-0.2, 0) is 16.1 Å². The minimum absolute atomic E-state index is 0.255. The van der Waals surface area contributed by atoms with E-state index in [1.165, 1.54) is 5.56 Å². The van der Waals surface area contributed by atoms with Crippen molar-refractivity contribution in [3.05, 3.63) is 35.9 Å². The van der Waals surface area contributed by atoms with Crippen molar-refractivity contribution < 1.29 is 14.9 Å². The largest absolute Gasteiger partial charge is 0.342 e. The molecule has 0 radical (unpaired) electrons. The Labute approximate surface area is 76.9 Å². The topological polar surface area (TPSA) is 46.5 Å². The fourth-order valence-electron chi connectivity index (χ4n) is 1.13. The van der Waals surface area contributed by atoms with E-state index in [1.807, 2.05) is 30.3 Å². The lowest BCUT2D eigenvalue weighted by Gasteiger charge is -1.98. The van der Waals surface area contributed by atoms with Gasteiger partial charge in [0, 0.05) is 6.42 Å². The zero-order valence-electron chi connectivity index (χ0n) is 7.27. The summed E-state index contributed by atoms with van der Waals surface area (Å²) < 4.78 is 0. The number of benzene rings is 1. The summed E-state index contributed by atoms with van der Waals surface area (Å²) in [5.74, 6) is -0.573. The first-order valence-corrected chi connectivity index (χ1v) is 4.21. The fourth-order valence-corrected chi connectivity index (χ4v) is 1.13. The van der Waals surface area contributed by atoms with Gasteiger partial charge in [0.2, 0.25) is 0 Å². The summed E-state index contributed by atoms with van der Waals surface area (Å²) in [6.45, 7) is 0. The van der Waals surface area contributed by atoms with E-state index >= 15 is 0 Å². The monoisotopic (exact) mass is 180 g/mol. The first-order valence-electron chi connectivity index (χ1n) is 4.21. The smallest absolute Gasteiger partial charge is 0.301 e. The van der Waals surface area contributed by atoms with Crippen LogP contribution in [0.4, 0.5) is 0 Å². The van der Waals surface area contributed by atoms with Crippen LogP contribution < -0.4 is 0 Å².